The number of rotatable bonds is 6. The van der Waals surface area contributed by atoms with E-state index in [2.05, 4.69) is 9.88 Å². The number of hydrogen-bond donors (Lipinski definition) is 1. The first kappa shape index (κ1) is 19.1. The second-order valence-corrected chi connectivity index (χ2v) is 7.31. The molecule has 3 rings (SSSR count). The van der Waals surface area contributed by atoms with Gasteiger partial charge < -0.3 is 20.3 Å². The van der Waals surface area contributed by atoms with Crippen molar-refractivity contribution in [2.24, 2.45) is 5.73 Å². The van der Waals surface area contributed by atoms with Gasteiger partial charge in [0.25, 0.3) is 5.91 Å². The Morgan fingerprint density at radius 2 is 1.85 bits per heavy atom. The molecule has 2 N–H and O–H groups in total. The van der Waals surface area contributed by atoms with Crippen molar-refractivity contribution in [1.82, 2.24) is 9.88 Å². The smallest absolute Gasteiger partial charge is 0.255 e. The lowest BCUT2D eigenvalue weighted by Gasteiger charge is -2.32. The minimum atomic E-state index is 0.0836. The van der Waals surface area contributed by atoms with Crippen LogP contribution in [0.15, 0.2) is 18.3 Å². The lowest BCUT2D eigenvalue weighted by Crippen LogP contribution is -2.41. The van der Waals surface area contributed by atoms with E-state index in [1.165, 1.54) is 25.7 Å². The van der Waals surface area contributed by atoms with E-state index in [0.29, 0.717) is 12.1 Å². The largest absolute Gasteiger partial charge is 0.378 e. The van der Waals surface area contributed by atoms with Gasteiger partial charge in [0.05, 0.1) is 11.7 Å². The highest BCUT2D eigenvalue weighted by Crippen LogP contribution is 2.20. The van der Waals surface area contributed by atoms with Crippen LogP contribution < -0.4 is 10.6 Å². The molecule has 6 heteroatoms. The van der Waals surface area contributed by atoms with Crippen LogP contribution in [0.1, 0.15) is 55.3 Å². The van der Waals surface area contributed by atoms with Gasteiger partial charge in [-0.2, -0.15) is 0 Å². The van der Waals surface area contributed by atoms with Crippen LogP contribution in [-0.2, 0) is 4.74 Å². The van der Waals surface area contributed by atoms with Crippen LogP contribution in [0.5, 0.6) is 0 Å². The zero-order valence-corrected chi connectivity index (χ0v) is 15.7. The Balaban J connectivity index is 1.50. The molecule has 0 unspecified atom stereocenters. The molecule has 0 aliphatic carbocycles. The van der Waals surface area contributed by atoms with Crippen molar-refractivity contribution in [2.45, 2.75) is 51.0 Å². The second-order valence-electron chi connectivity index (χ2n) is 7.31. The molecule has 0 bridgehead atoms. The highest BCUT2D eigenvalue weighted by Gasteiger charge is 2.24. The molecule has 26 heavy (non-hydrogen) atoms. The van der Waals surface area contributed by atoms with Crippen molar-refractivity contribution in [3.8, 4) is 0 Å². The zero-order valence-electron chi connectivity index (χ0n) is 15.7. The second kappa shape index (κ2) is 9.88. The van der Waals surface area contributed by atoms with Crippen molar-refractivity contribution in [2.75, 3.05) is 44.2 Å². The van der Waals surface area contributed by atoms with Crippen LogP contribution in [0.4, 0.5) is 5.82 Å². The molecule has 2 saturated heterocycles. The summed E-state index contributed by atoms with van der Waals surface area (Å²) in [4.78, 5) is 21.6. The van der Waals surface area contributed by atoms with Gasteiger partial charge in [-0.05, 0) is 50.8 Å². The normalized spacial score (nSPS) is 19.4. The third-order valence-electron chi connectivity index (χ3n) is 5.36. The molecule has 6 nitrogen and oxygen atoms in total. The van der Waals surface area contributed by atoms with Gasteiger partial charge in [0.2, 0.25) is 0 Å². The Hall–Kier alpha value is -1.66. The molecule has 1 aromatic rings. The predicted molar refractivity (Wildman–Crippen MR) is 103 cm³/mol. The molecular weight excluding hydrogens is 328 g/mol. The fourth-order valence-corrected chi connectivity index (χ4v) is 3.74. The number of piperidine rings is 1. The van der Waals surface area contributed by atoms with E-state index in [4.69, 9.17) is 10.5 Å². The van der Waals surface area contributed by atoms with Gasteiger partial charge in [0.15, 0.2) is 0 Å². The van der Waals surface area contributed by atoms with Crippen LogP contribution in [-0.4, -0.2) is 61.2 Å². The molecule has 2 aliphatic heterocycles. The van der Waals surface area contributed by atoms with Gasteiger partial charge in [0.1, 0.15) is 5.82 Å². The summed E-state index contributed by atoms with van der Waals surface area (Å²) in [7, 11) is 0. The lowest BCUT2D eigenvalue weighted by atomic mass is 10.1. The van der Waals surface area contributed by atoms with Crippen LogP contribution in [0, 0.1) is 0 Å². The third-order valence-corrected chi connectivity index (χ3v) is 5.36. The van der Waals surface area contributed by atoms with E-state index in [9.17, 15) is 4.79 Å². The molecule has 3 heterocycles. The Morgan fingerprint density at radius 3 is 2.46 bits per heavy atom. The van der Waals surface area contributed by atoms with Crippen molar-refractivity contribution < 1.29 is 9.53 Å². The monoisotopic (exact) mass is 360 g/mol. The van der Waals surface area contributed by atoms with Crippen LogP contribution >= 0.6 is 0 Å². The molecule has 0 atom stereocenters. The topological polar surface area (TPSA) is 71.7 Å². The number of anilines is 1. The standard InChI is InChI=1S/C20H32N4O2/c21-10-5-15-26-18-8-13-24(14-9-18)20(25)17-6-7-19(22-16-17)23-11-3-1-2-4-12-23/h6-7,16,18H,1-5,8-15,21H2. The lowest BCUT2D eigenvalue weighted by molar-refractivity contribution is 0.00844. The molecular formula is C20H32N4O2. The van der Waals surface area contributed by atoms with Crippen molar-refractivity contribution in [3.05, 3.63) is 23.9 Å². The minimum Gasteiger partial charge on any atom is -0.378 e. The number of carbonyl (C=O) groups is 1. The van der Waals surface area contributed by atoms with Crippen molar-refractivity contribution in [3.63, 3.8) is 0 Å². The van der Waals surface area contributed by atoms with Gasteiger partial charge in [-0.3, -0.25) is 4.79 Å². The van der Waals surface area contributed by atoms with E-state index in [1.54, 1.807) is 6.20 Å². The van der Waals surface area contributed by atoms with Crippen LogP contribution in [0.25, 0.3) is 0 Å². The molecule has 2 fully saturated rings. The number of carbonyl (C=O) groups excluding carboxylic acids is 1. The molecule has 0 aromatic carbocycles. The number of aromatic nitrogens is 1. The Kier molecular flexibility index (Phi) is 7.26. The summed E-state index contributed by atoms with van der Waals surface area (Å²) in [5, 5.41) is 0. The van der Waals surface area contributed by atoms with E-state index >= 15 is 0 Å². The van der Waals surface area contributed by atoms with E-state index in [1.807, 2.05) is 17.0 Å². The Morgan fingerprint density at radius 1 is 1.12 bits per heavy atom. The SMILES string of the molecule is NCCCOC1CCN(C(=O)c2ccc(N3CCCCCC3)nc2)CC1. The highest BCUT2D eigenvalue weighted by molar-refractivity contribution is 5.94. The molecule has 2 aliphatic rings. The van der Waals surface area contributed by atoms with Crippen molar-refractivity contribution in [1.29, 1.82) is 0 Å². The fourth-order valence-electron chi connectivity index (χ4n) is 3.74. The summed E-state index contributed by atoms with van der Waals surface area (Å²) in [5.74, 6) is 1.08. The summed E-state index contributed by atoms with van der Waals surface area (Å²) in [6.45, 7) is 5.02. The number of amides is 1. The van der Waals surface area contributed by atoms with Gasteiger partial charge in [-0.15, -0.1) is 0 Å². The molecule has 1 aromatic heterocycles. The average molecular weight is 361 g/mol. The minimum absolute atomic E-state index is 0.0836. The number of nitrogens with two attached hydrogens (primary N) is 1. The Bertz CT molecular complexity index is 547. The predicted octanol–water partition coefficient (Wildman–Crippen LogP) is 2.43. The number of likely N-dealkylation sites (tertiary alicyclic amines) is 1. The number of nitrogens with zero attached hydrogens (tertiary/aromatic N) is 3. The van der Waals surface area contributed by atoms with E-state index in [-0.39, 0.29) is 12.0 Å². The van der Waals surface area contributed by atoms with Gasteiger partial charge in [-0.1, -0.05) is 12.8 Å². The summed E-state index contributed by atoms with van der Waals surface area (Å²) in [6.07, 6.45) is 9.76. The molecule has 0 spiro atoms. The summed E-state index contributed by atoms with van der Waals surface area (Å²) in [5.41, 5.74) is 6.18. The number of pyridine rings is 1. The van der Waals surface area contributed by atoms with E-state index < -0.39 is 0 Å². The van der Waals surface area contributed by atoms with Gasteiger partial charge in [-0.25, -0.2) is 4.98 Å². The number of ether oxygens (including phenoxy) is 1. The quantitative estimate of drug-likeness (QED) is 0.789. The first-order valence-electron chi connectivity index (χ1n) is 10.1. The van der Waals surface area contributed by atoms with Crippen LogP contribution in [0.3, 0.4) is 0 Å². The highest BCUT2D eigenvalue weighted by atomic mass is 16.5. The summed E-state index contributed by atoms with van der Waals surface area (Å²) >= 11 is 0. The first-order valence-corrected chi connectivity index (χ1v) is 10.1. The molecule has 1 amide bonds. The molecule has 0 saturated carbocycles. The zero-order chi connectivity index (χ0) is 18.2. The summed E-state index contributed by atoms with van der Waals surface area (Å²) < 4.78 is 5.81. The van der Waals surface area contributed by atoms with E-state index in [0.717, 1.165) is 57.9 Å². The fraction of sp³-hybridized carbons (Fsp3) is 0.700. The maximum atomic E-state index is 12.7. The van der Waals surface area contributed by atoms with Crippen LogP contribution in [0.2, 0.25) is 0 Å². The molecule has 144 valence electrons. The summed E-state index contributed by atoms with van der Waals surface area (Å²) in [6, 6.07) is 3.93. The maximum Gasteiger partial charge on any atom is 0.255 e. The van der Waals surface area contributed by atoms with Gasteiger partial charge >= 0.3 is 0 Å². The number of hydrogen-bond acceptors (Lipinski definition) is 5. The Labute approximate surface area is 156 Å². The first-order chi connectivity index (χ1) is 12.8. The third kappa shape index (κ3) is 5.17. The molecule has 0 radical (unpaired) electrons. The average Bonchev–Trinajstić information content (AvgIpc) is 2.98. The van der Waals surface area contributed by atoms with Gasteiger partial charge in [0, 0.05) is 39.0 Å². The maximum absolute atomic E-state index is 12.7. The van der Waals surface area contributed by atoms with Crippen molar-refractivity contribution >= 4 is 11.7 Å².